The van der Waals surface area contributed by atoms with E-state index >= 15 is 0 Å². The molecule has 106 valence electrons. The van der Waals surface area contributed by atoms with Crippen molar-refractivity contribution in [2.75, 3.05) is 6.54 Å². The van der Waals surface area contributed by atoms with Gasteiger partial charge in [-0.1, -0.05) is 19.8 Å². The third-order valence-corrected chi connectivity index (χ3v) is 4.25. The highest BCUT2D eigenvalue weighted by atomic mass is 16.2. The van der Waals surface area contributed by atoms with Crippen molar-refractivity contribution < 1.29 is 14.4 Å². The number of nitrogens with zero attached hydrogens (tertiary/aromatic N) is 1. The summed E-state index contributed by atoms with van der Waals surface area (Å²) >= 11 is 0. The number of fused-ring (bicyclic) bond motifs is 1. The maximum Gasteiger partial charge on any atom is 0.240 e. The fourth-order valence-corrected chi connectivity index (χ4v) is 2.95. The minimum Gasteiger partial charge on any atom is -0.352 e. The largest absolute Gasteiger partial charge is 0.352 e. The maximum atomic E-state index is 12.2. The van der Waals surface area contributed by atoms with E-state index < -0.39 is 0 Å². The first-order valence-electron chi connectivity index (χ1n) is 7.19. The average Bonchev–Trinajstić information content (AvgIpc) is 2.64. The van der Waals surface area contributed by atoms with Crippen molar-refractivity contribution in [3.05, 3.63) is 0 Å². The molecule has 2 fully saturated rings. The van der Waals surface area contributed by atoms with E-state index in [1.807, 2.05) is 13.8 Å². The third-order valence-electron chi connectivity index (χ3n) is 4.25. The van der Waals surface area contributed by atoms with Crippen LogP contribution in [0.15, 0.2) is 0 Å². The molecular formula is C14H22N2O3. The van der Waals surface area contributed by atoms with Gasteiger partial charge in [-0.05, 0) is 26.2 Å². The van der Waals surface area contributed by atoms with Crippen LogP contribution >= 0.6 is 0 Å². The Morgan fingerprint density at radius 3 is 2.26 bits per heavy atom. The number of hydrogen-bond acceptors (Lipinski definition) is 3. The summed E-state index contributed by atoms with van der Waals surface area (Å²) in [6, 6.07) is 0.0718. The highest BCUT2D eigenvalue weighted by Crippen LogP contribution is 2.37. The van der Waals surface area contributed by atoms with Gasteiger partial charge in [-0.25, -0.2) is 0 Å². The molecule has 2 rings (SSSR count). The predicted octanol–water partition coefficient (Wildman–Crippen LogP) is 1.08. The van der Waals surface area contributed by atoms with Gasteiger partial charge in [-0.2, -0.15) is 0 Å². The lowest BCUT2D eigenvalue weighted by Gasteiger charge is -2.19. The number of carbonyl (C=O) groups excluding carboxylic acids is 3. The van der Waals surface area contributed by atoms with Crippen molar-refractivity contribution in [2.45, 2.75) is 52.0 Å². The lowest BCUT2D eigenvalue weighted by atomic mass is 9.81. The quantitative estimate of drug-likeness (QED) is 0.774. The van der Waals surface area contributed by atoms with E-state index in [0.717, 1.165) is 32.1 Å². The molecule has 3 amide bonds. The summed E-state index contributed by atoms with van der Waals surface area (Å²) in [5, 5.41) is 2.79. The second kappa shape index (κ2) is 5.72. The Morgan fingerprint density at radius 1 is 1.26 bits per heavy atom. The molecule has 0 radical (unpaired) electrons. The predicted molar refractivity (Wildman–Crippen MR) is 70.1 cm³/mol. The molecule has 0 aromatic carbocycles. The van der Waals surface area contributed by atoms with Crippen LogP contribution in [0.5, 0.6) is 0 Å². The number of rotatable bonds is 4. The smallest absolute Gasteiger partial charge is 0.240 e. The second-order valence-corrected chi connectivity index (χ2v) is 5.64. The molecule has 1 N–H and O–H groups in total. The molecule has 0 aromatic rings. The van der Waals surface area contributed by atoms with Gasteiger partial charge in [0.1, 0.15) is 6.54 Å². The number of amides is 3. The Labute approximate surface area is 113 Å². The summed E-state index contributed by atoms with van der Waals surface area (Å²) in [5.74, 6) is -0.868. The van der Waals surface area contributed by atoms with E-state index in [-0.39, 0.29) is 42.1 Å². The molecule has 19 heavy (non-hydrogen) atoms. The molecule has 0 spiro atoms. The second-order valence-electron chi connectivity index (χ2n) is 5.64. The Bertz CT molecular complexity index is 370. The monoisotopic (exact) mass is 266 g/mol. The summed E-state index contributed by atoms with van der Waals surface area (Å²) in [5.41, 5.74) is 0. The Morgan fingerprint density at radius 2 is 1.79 bits per heavy atom. The van der Waals surface area contributed by atoms with Crippen molar-refractivity contribution in [3.8, 4) is 0 Å². The Balaban J connectivity index is 1.98. The van der Waals surface area contributed by atoms with E-state index in [0.29, 0.717) is 0 Å². The van der Waals surface area contributed by atoms with Crippen LogP contribution in [0.25, 0.3) is 0 Å². The molecule has 1 saturated heterocycles. The molecule has 3 unspecified atom stereocenters. The molecule has 1 heterocycles. The minimum atomic E-state index is -0.241. The normalized spacial score (nSPS) is 28.2. The summed E-state index contributed by atoms with van der Waals surface area (Å²) in [7, 11) is 0. The molecule has 0 aromatic heterocycles. The van der Waals surface area contributed by atoms with Crippen LogP contribution in [-0.4, -0.2) is 35.2 Å². The SMILES string of the molecule is CCC(C)NC(=O)CN1C(=O)C2CCCCC2C1=O. The summed E-state index contributed by atoms with van der Waals surface area (Å²) in [6.07, 6.45) is 4.43. The van der Waals surface area contributed by atoms with Gasteiger partial charge in [0.15, 0.2) is 0 Å². The van der Waals surface area contributed by atoms with Crippen molar-refractivity contribution in [2.24, 2.45) is 11.8 Å². The molecule has 1 aliphatic carbocycles. The number of carbonyl (C=O) groups is 3. The third kappa shape index (κ3) is 2.80. The molecule has 1 saturated carbocycles. The van der Waals surface area contributed by atoms with Crippen molar-refractivity contribution in [3.63, 3.8) is 0 Å². The first-order chi connectivity index (χ1) is 9.04. The van der Waals surface area contributed by atoms with Gasteiger partial charge in [0.25, 0.3) is 0 Å². The van der Waals surface area contributed by atoms with Gasteiger partial charge < -0.3 is 5.32 Å². The minimum absolute atomic E-state index is 0.0718. The highest BCUT2D eigenvalue weighted by molar-refractivity contribution is 6.07. The average molecular weight is 266 g/mol. The van der Waals surface area contributed by atoms with Crippen LogP contribution in [0.3, 0.4) is 0 Å². The maximum absolute atomic E-state index is 12.2. The molecule has 5 nitrogen and oxygen atoms in total. The molecule has 0 bridgehead atoms. The zero-order valence-corrected chi connectivity index (χ0v) is 11.6. The molecule has 5 heteroatoms. The molecular weight excluding hydrogens is 244 g/mol. The lowest BCUT2D eigenvalue weighted by Crippen LogP contribution is -2.43. The van der Waals surface area contributed by atoms with Gasteiger partial charge in [0.05, 0.1) is 11.8 Å². The number of nitrogens with one attached hydrogen (secondary N) is 1. The summed E-state index contributed by atoms with van der Waals surface area (Å²) in [4.78, 5) is 37.3. The van der Waals surface area contributed by atoms with Crippen LogP contribution in [0.4, 0.5) is 0 Å². The van der Waals surface area contributed by atoms with E-state index in [2.05, 4.69) is 5.32 Å². The van der Waals surface area contributed by atoms with Crippen molar-refractivity contribution >= 4 is 17.7 Å². The zero-order chi connectivity index (χ0) is 14.0. The lowest BCUT2D eigenvalue weighted by molar-refractivity contribution is -0.143. The fraction of sp³-hybridized carbons (Fsp3) is 0.786. The molecule has 2 aliphatic rings. The zero-order valence-electron chi connectivity index (χ0n) is 11.6. The van der Waals surface area contributed by atoms with Gasteiger partial charge in [-0.15, -0.1) is 0 Å². The van der Waals surface area contributed by atoms with Crippen LogP contribution in [-0.2, 0) is 14.4 Å². The standard InChI is InChI=1S/C14H22N2O3/c1-3-9(2)15-12(17)8-16-13(18)10-6-4-5-7-11(10)14(16)19/h9-11H,3-8H2,1-2H3,(H,15,17). The van der Waals surface area contributed by atoms with Crippen molar-refractivity contribution in [1.82, 2.24) is 10.2 Å². The first kappa shape index (κ1) is 14.0. The fourth-order valence-electron chi connectivity index (χ4n) is 2.95. The van der Waals surface area contributed by atoms with Gasteiger partial charge in [0.2, 0.25) is 17.7 Å². The van der Waals surface area contributed by atoms with Gasteiger partial charge in [0, 0.05) is 6.04 Å². The van der Waals surface area contributed by atoms with Crippen LogP contribution < -0.4 is 5.32 Å². The van der Waals surface area contributed by atoms with Gasteiger partial charge in [-0.3, -0.25) is 19.3 Å². The Kier molecular flexibility index (Phi) is 4.22. The van der Waals surface area contributed by atoms with Crippen LogP contribution in [0.1, 0.15) is 46.0 Å². The number of imide groups is 1. The van der Waals surface area contributed by atoms with E-state index in [4.69, 9.17) is 0 Å². The van der Waals surface area contributed by atoms with E-state index in [1.54, 1.807) is 0 Å². The highest BCUT2D eigenvalue weighted by Gasteiger charge is 2.48. The van der Waals surface area contributed by atoms with E-state index in [9.17, 15) is 14.4 Å². The van der Waals surface area contributed by atoms with Gasteiger partial charge >= 0.3 is 0 Å². The molecule has 1 aliphatic heterocycles. The summed E-state index contributed by atoms with van der Waals surface area (Å²) in [6.45, 7) is 3.77. The number of likely N-dealkylation sites (tertiary alicyclic amines) is 1. The first-order valence-corrected chi connectivity index (χ1v) is 7.19. The summed E-state index contributed by atoms with van der Waals surface area (Å²) < 4.78 is 0. The van der Waals surface area contributed by atoms with Crippen LogP contribution in [0.2, 0.25) is 0 Å². The number of hydrogen-bond donors (Lipinski definition) is 1. The Hall–Kier alpha value is -1.39. The molecule has 3 atom stereocenters. The van der Waals surface area contributed by atoms with E-state index in [1.165, 1.54) is 4.90 Å². The van der Waals surface area contributed by atoms with Crippen LogP contribution in [0, 0.1) is 11.8 Å². The van der Waals surface area contributed by atoms with Crippen molar-refractivity contribution in [1.29, 1.82) is 0 Å². The topological polar surface area (TPSA) is 66.5 Å².